The summed E-state index contributed by atoms with van der Waals surface area (Å²) in [6, 6.07) is 15.7. The highest BCUT2D eigenvalue weighted by Gasteiger charge is 2.16. The molecule has 5 heteroatoms. The van der Waals surface area contributed by atoms with E-state index in [9.17, 15) is 14.7 Å². The van der Waals surface area contributed by atoms with Gasteiger partial charge in [0.15, 0.2) is 0 Å². The summed E-state index contributed by atoms with van der Waals surface area (Å²) in [4.78, 5) is 24.4. The molecule has 0 radical (unpaired) electrons. The fourth-order valence-corrected chi connectivity index (χ4v) is 2.82. The summed E-state index contributed by atoms with van der Waals surface area (Å²) in [5, 5.41) is 16.4. The average molecular weight is 334 g/mol. The van der Waals surface area contributed by atoms with Gasteiger partial charge in [-0.05, 0) is 49.2 Å². The molecule has 0 atom stereocenters. The molecule has 0 aliphatic heterocycles. The Bertz CT molecular complexity index is 960. The monoisotopic (exact) mass is 334 g/mol. The number of aryl methyl sites for hydroxylation is 2. The van der Waals surface area contributed by atoms with E-state index in [2.05, 4.69) is 10.6 Å². The predicted molar refractivity (Wildman–Crippen MR) is 98.8 cm³/mol. The molecule has 0 fully saturated rings. The van der Waals surface area contributed by atoms with E-state index in [1.807, 2.05) is 19.9 Å². The minimum Gasteiger partial charge on any atom is -0.507 e. The van der Waals surface area contributed by atoms with Crippen LogP contribution in [0.4, 0.5) is 11.4 Å². The first-order chi connectivity index (χ1) is 11.9. The van der Waals surface area contributed by atoms with Crippen molar-refractivity contribution in [3.63, 3.8) is 0 Å². The van der Waals surface area contributed by atoms with Gasteiger partial charge >= 0.3 is 11.8 Å². The molecule has 0 spiro atoms. The first-order valence-corrected chi connectivity index (χ1v) is 7.85. The average Bonchev–Trinajstić information content (AvgIpc) is 2.54. The summed E-state index contributed by atoms with van der Waals surface area (Å²) in [5.41, 5.74) is 3.04. The molecule has 2 amide bonds. The van der Waals surface area contributed by atoms with Gasteiger partial charge in [-0.3, -0.25) is 9.59 Å². The minimum absolute atomic E-state index is 0.119. The van der Waals surface area contributed by atoms with E-state index in [4.69, 9.17) is 0 Å². The number of hydrogen-bond acceptors (Lipinski definition) is 3. The van der Waals surface area contributed by atoms with Gasteiger partial charge in [-0.2, -0.15) is 0 Å². The lowest BCUT2D eigenvalue weighted by Crippen LogP contribution is -2.29. The number of fused-ring (bicyclic) bond motifs is 1. The zero-order valence-electron chi connectivity index (χ0n) is 14.0. The Morgan fingerprint density at radius 3 is 2.12 bits per heavy atom. The van der Waals surface area contributed by atoms with Crippen molar-refractivity contribution in [2.24, 2.45) is 0 Å². The van der Waals surface area contributed by atoms with Gasteiger partial charge in [-0.15, -0.1) is 0 Å². The Labute approximate surface area is 145 Å². The maximum Gasteiger partial charge on any atom is 0.314 e. The van der Waals surface area contributed by atoms with Crippen LogP contribution >= 0.6 is 0 Å². The van der Waals surface area contributed by atoms with E-state index in [0.29, 0.717) is 22.1 Å². The highest BCUT2D eigenvalue weighted by Crippen LogP contribution is 2.29. The van der Waals surface area contributed by atoms with E-state index in [1.54, 1.807) is 48.5 Å². The number of carbonyl (C=O) groups is 2. The Morgan fingerprint density at radius 2 is 1.40 bits per heavy atom. The smallest absolute Gasteiger partial charge is 0.314 e. The van der Waals surface area contributed by atoms with Crippen molar-refractivity contribution in [3.05, 3.63) is 65.7 Å². The zero-order valence-corrected chi connectivity index (χ0v) is 14.0. The number of rotatable bonds is 2. The maximum atomic E-state index is 12.2. The summed E-state index contributed by atoms with van der Waals surface area (Å²) in [6.45, 7) is 3.84. The third-order valence-corrected chi connectivity index (χ3v) is 3.83. The Hall–Kier alpha value is -3.34. The van der Waals surface area contributed by atoms with Crippen molar-refractivity contribution in [2.75, 3.05) is 10.6 Å². The number of phenols is 1. The number of hydrogen-bond donors (Lipinski definition) is 3. The SMILES string of the molecule is Cc1cc(C)cc(NC(=O)C(=O)Nc2cccc3c(O)cccc23)c1. The van der Waals surface area contributed by atoms with E-state index < -0.39 is 11.8 Å². The molecule has 3 aromatic carbocycles. The molecule has 0 saturated carbocycles. The first kappa shape index (κ1) is 16.5. The van der Waals surface area contributed by atoms with Gasteiger partial charge in [-0.25, -0.2) is 0 Å². The number of anilines is 2. The molecule has 0 aromatic heterocycles. The summed E-state index contributed by atoms with van der Waals surface area (Å²) < 4.78 is 0. The van der Waals surface area contributed by atoms with Crippen LogP contribution in [0.3, 0.4) is 0 Å². The molecule has 3 rings (SSSR count). The number of aromatic hydroxyl groups is 1. The number of amides is 2. The molecule has 0 heterocycles. The van der Waals surface area contributed by atoms with Gasteiger partial charge in [0, 0.05) is 22.1 Å². The predicted octanol–water partition coefficient (Wildman–Crippen LogP) is 3.74. The number of nitrogens with one attached hydrogen (secondary N) is 2. The quantitative estimate of drug-likeness (QED) is 0.625. The maximum absolute atomic E-state index is 12.2. The van der Waals surface area contributed by atoms with Crippen molar-refractivity contribution < 1.29 is 14.7 Å². The third kappa shape index (κ3) is 3.61. The summed E-state index contributed by atoms with van der Waals surface area (Å²) in [5.74, 6) is -1.40. The highest BCUT2D eigenvalue weighted by molar-refractivity contribution is 6.44. The lowest BCUT2D eigenvalue weighted by Gasteiger charge is -2.10. The molecular weight excluding hydrogens is 316 g/mol. The molecule has 5 nitrogen and oxygen atoms in total. The van der Waals surface area contributed by atoms with Gasteiger partial charge in [0.1, 0.15) is 5.75 Å². The highest BCUT2D eigenvalue weighted by atomic mass is 16.3. The van der Waals surface area contributed by atoms with Crippen LogP contribution in [0.1, 0.15) is 11.1 Å². The topological polar surface area (TPSA) is 78.4 Å². The van der Waals surface area contributed by atoms with Gasteiger partial charge < -0.3 is 15.7 Å². The third-order valence-electron chi connectivity index (χ3n) is 3.83. The van der Waals surface area contributed by atoms with Crippen molar-refractivity contribution in [1.29, 1.82) is 0 Å². The summed E-state index contributed by atoms with van der Waals surface area (Å²) in [7, 11) is 0. The Balaban J connectivity index is 1.80. The van der Waals surface area contributed by atoms with Crippen LogP contribution in [0.2, 0.25) is 0 Å². The Morgan fingerprint density at radius 1 is 0.800 bits per heavy atom. The standard InChI is InChI=1S/C20H18N2O3/c1-12-9-13(2)11-14(10-12)21-19(24)20(25)22-17-7-3-6-16-15(17)5-4-8-18(16)23/h3-11,23H,1-2H3,(H,21,24)(H,22,25). The van der Waals surface area contributed by atoms with Gasteiger partial charge in [0.25, 0.3) is 0 Å². The van der Waals surface area contributed by atoms with Crippen LogP contribution in [0.15, 0.2) is 54.6 Å². The number of benzene rings is 3. The molecule has 25 heavy (non-hydrogen) atoms. The van der Waals surface area contributed by atoms with Gasteiger partial charge in [0.2, 0.25) is 0 Å². The van der Waals surface area contributed by atoms with Gasteiger partial charge in [-0.1, -0.05) is 30.3 Å². The molecular formula is C20H18N2O3. The molecule has 0 bridgehead atoms. The van der Waals surface area contributed by atoms with Crippen molar-refractivity contribution in [2.45, 2.75) is 13.8 Å². The minimum atomic E-state index is -0.769. The van der Waals surface area contributed by atoms with E-state index in [-0.39, 0.29) is 5.75 Å². The van der Waals surface area contributed by atoms with E-state index >= 15 is 0 Å². The normalized spacial score (nSPS) is 10.5. The lowest BCUT2D eigenvalue weighted by atomic mass is 10.1. The molecule has 0 unspecified atom stereocenters. The van der Waals surface area contributed by atoms with Crippen molar-refractivity contribution >= 4 is 34.0 Å². The lowest BCUT2D eigenvalue weighted by molar-refractivity contribution is -0.132. The van der Waals surface area contributed by atoms with Crippen LogP contribution in [0.5, 0.6) is 5.75 Å². The summed E-state index contributed by atoms with van der Waals surface area (Å²) in [6.07, 6.45) is 0. The summed E-state index contributed by atoms with van der Waals surface area (Å²) >= 11 is 0. The largest absolute Gasteiger partial charge is 0.507 e. The van der Waals surface area contributed by atoms with Crippen molar-refractivity contribution in [1.82, 2.24) is 0 Å². The second-order valence-corrected chi connectivity index (χ2v) is 5.96. The molecule has 3 N–H and O–H groups in total. The second-order valence-electron chi connectivity index (χ2n) is 5.96. The number of carbonyl (C=O) groups excluding carboxylic acids is 2. The Kier molecular flexibility index (Phi) is 4.39. The molecule has 3 aromatic rings. The zero-order chi connectivity index (χ0) is 18.0. The molecule has 0 aliphatic rings. The molecule has 0 aliphatic carbocycles. The van der Waals surface area contributed by atoms with Crippen LogP contribution in [-0.4, -0.2) is 16.9 Å². The second kappa shape index (κ2) is 6.65. The fourth-order valence-electron chi connectivity index (χ4n) is 2.82. The van der Waals surface area contributed by atoms with Crippen LogP contribution in [0.25, 0.3) is 10.8 Å². The first-order valence-electron chi connectivity index (χ1n) is 7.85. The van der Waals surface area contributed by atoms with Crippen LogP contribution in [-0.2, 0) is 9.59 Å². The van der Waals surface area contributed by atoms with E-state index in [0.717, 1.165) is 11.1 Å². The molecule has 0 saturated heterocycles. The van der Waals surface area contributed by atoms with Crippen LogP contribution in [0, 0.1) is 13.8 Å². The van der Waals surface area contributed by atoms with E-state index in [1.165, 1.54) is 0 Å². The van der Waals surface area contributed by atoms with Crippen molar-refractivity contribution in [3.8, 4) is 5.75 Å². The van der Waals surface area contributed by atoms with Crippen LogP contribution < -0.4 is 10.6 Å². The number of phenolic OH excluding ortho intramolecular Hbond substituents is 1. The fraction of sp³-hybridized carbons (Fsp3) is 0.100. The van der Waals surface area contributed by atoms with Gasteiger partial charge in [0.05, 0.1) is 0 Å². The molecule has 126 valence electrons.